The van der Waals surface area contributed by atoms with Crippen molar-refractivity contribution >= 4 is 17.3 Å². The number of carbonyl (C=O) groups is 1. The van der Waals surface area contributed by atoms with Crippen molar-refractivity contribution in [1.29, 1.82) is 0 Å². The van der Waals surface area contributed by atoms with Gasteiger partial charge in [0.05, 0.1) is 16.9 Å². The number of benzene rings is 1. The van der Waals surface area contributed by atoms with E-state index in [9.17, 15) is 4.79 Å². The third-order valence-electron chi connectivity index (χ3n) is 3.48. The Morgan fingerprint density at radius 2 is 2.28 bits per heavy atom. The van der Waals surface area contributed by atoms with Gasteiger partial charge in [0.15, 0.2) is 0 Å². The number of nitrogen functional groups attached to an aromatic ring is 1. The lowest BCUT2D eigenvalue weighted by atomic mass is 10.1. The molecule has 18 heavy (non-hydrogen) atoms. The fourth-order valence-electron chi connectivity index (χ4n) is 2.48. The van der Waals surface area contributed by atoms with Crippen LogP contribution in [0.25, 0.3) is 0 Å². The van der Waals surface area contributed by atoms with Crippen molar-refractivity contribution < 1.29 is 15.0 Å². The topological polar surface area (TPSA) is 86.8 Å². The summed E-state index contributed by atoms with van der Waals surface area (Å²) in [6.07, 6.45) is 1.80. The molecular formula is C13H18N2O3. The van der Waals surface area contributed by atoms with Crippen LogP contribution in [0.5, 0.6) is 0 Å². The largest absolute Gasteiger partial charge is 0.478 e. The SMILES string of the molecule is Nc1c(C(=O)O)cccc1N1CCC(CCO)C1. The van der Waals surface area contributed by atoms with E-state index in [2.05, 4.69) is 4.90 Å². The Hall–Kier alpha value is -1.75. The molecule has 5 nitrogen and oxygen atoms in total. The van der Waals surface area contributed by atoms with Crippen molar-refractivity contribution in [2.24, 2.45) is 5.92 Å². The maximum absolute atomic E-state index is 11.0. The number of aliphatic hydroxyl groups excluding tert-OH is 1. The second kappa shape index (κ2) is 5.27. The minimum atomic E-state index is -1.000. The predicted octanol–water partition coefficient (Wildman–Crippen LogP) is 1.18. The number of nitrogens with zero attached hydrogens (tertiary/aromatic N) is 1. The van der Waals surface area contributed by atoms with Crippen molar-refractivity contribution in [3.63, 3.8) is 0 Å². The molecule has 0 aliphatic carbocycles. The maximum atomic E-state index is 11.0. The third-order valence-corrected chi connectivity index (χ3v) is 3.48. The van der Waals surface area contributed by atoms with Gasteiger partial charge in [0, 0.05) is 19.7 Å². The Morgan fingerprint density at radius 3 is 2.94 bits per heavy atom. The molecule has 1 aromatic carbocycles. The van der Waals surface area contributed by atoms with E-state index in [1.54, 1.807) is 6.07 Å². The van der Waals surface area contributed by atoms with Gasteiger partial charge in [-0.1, -0.05) is 6.07 Å². The number of hydrogen-bond donors (Lipinski definition) is 3. The van der Waals surface area contributed by atoms with Gasteiger partial charge >= 0.3 is 5.97 Å². The number of aliphatic hydroxyl groups is 1. The first kappa shape index (κ1) is 12.7. The number of aromatic carboxylic acids is 1. The summed E-state index contributed by atoms with van der Waals surface area (Å²) in [6, 6.07) is 5.08. The Balaban J connectivity index is 2.19. The van der Waals surface area contributed by atoms with Crippen LogP contribution >= 0.6 is 0 Å². The molecule has 4 N–H and O–H groups in total. The summed E-state index contributed by atoms with van der Waals surface area (Å²) in [5, 5.41) is 18.0. The summed E-state index contributed by atoms with van der Waals surface area (Å²) < 4.78 is 0. The van der Waals surface area contributed by atoms with Crippen molar-refractivity contribution in [3.8, 4) is 0 Å². The normalized spacial score (nSPS) is 19.2. The average molecular weight is 250 g/mol. The molecule has 0 radical (unpaired) electrons. The molecule has 98 valence electrons. The van der Waals surface area contributed by atoms with E-state index in [1.165, 1.54) is 6.07 Å². The molecule has 5 heteroatoms. The highest BCUT2D eigenvalue weighted by Crippen LogP contribution is 2.31. The standard InChI is InChI=1S/C13H18N2O3/c14-12-10(13(17)18)2-1-3-11(12)15-6-4-9(8-15)5-7-16/h1-3,9,16H,4-8,14H2,(H,17,18). The summed E-state index contributed by atoms with van der Waals surface area (Å²) in [5.74, 6) is -0.539. The van der Waals surface area contributed by atoms with Gasteiger partial charge in [-0.2, -0.15) is 0 Å². The molecule has 1 aliphatic rings. The highest BCUT2D eigenvalue weighted by Gasteiger charge is 2.24. The van der Waals surface area contributed by atoms with E-state index in [0.717, 1.165) is 31.6 Å². The zero-order chi connectivity index (χ0) is 13.1. The first-order valence-electron chi connectivity index (χ1n) is 6.11. The molecule has 1 fully saturated rings. The molecule has 0 aromatic heterocycles. The van der Waals surface area contributed by atoms with Crippen LogP contribution in [0.2, 0.25) is 0 Å². The lowest BCUT2D eigenvalue weighted by molar-refractivity contribution is 0.0698. The Bertz CT molecular complexity index is 448. The molecule has 1 aliphatic heterocycles. The summed E-state index contributed by atoms with van der Waals surface area (Å²) in [6.45, 7) is 1.88. The number of carboxylic acids is 1. The molecule has 1 unspecified atom stereocenters. The summed E-state index contributed by atoms with van der Waals surface area (Å²) in [7, 11) is 0. The van der Waals surface area contributed by atoms with Gasteiger partial charge in [-0.15, -0.1) is 0 Å². The number of carboxylic acid groups (broad SMARTS) is 1. The first-order valence-corrected chi connectivity index (χ1v) is 6.11. The maximum Gasteiger partial charge on any atom is 0.337 e. The van der Waals surface area contributed by atoms with E-state index in [1.807, 2.05) is 6.07 Å². The minimum Gasteiger partial charge on any atom is -0.478 e. The summed E-state index contributed by atoms with van der Waals surface area (Å²) in [5.41, 5.74) is 7.18. The van der Waals surface area contributed by atoms with Crippen LogP contribution < -0.4 is 10.6 Å². The first-order chi connectivity index (χ1) is 8.63. The van der Waals surface area contributed by atoms with Crippen molar-refractivity contribution in [2.45, 2.75) is 12.8 Å². The Labute approximate surface area is 106 Å². The predicted molar refractivity (Wildman–Crippen MR) is 69.8 cm³/mol. The monoisotopic (exact) mass is 250 g/mol. The van der Waals surface area contributed by atoms with Gasteiger partial charge in [0.25, 0.3) is 0 Å². The Morgan fingerprint density at radius 1 is 1.50 bits per heavy atom. The zero-order valence-corrected chi connectivity index (χ0v) is 10.2. The molecule has 1 saturated heterocycles. The van der Waals surface area contributed by atoms with Gasteiger partial charge in [0.1, 0.15) is 0 Å². The molecule has 0 amide bonds. The minimum absolute atomic E-state index is 0.151. The number of para-hydroxylation sites is 1. The molecular weight excluding hydrogens is 232 g/mol. The third kappa shape index (κ3) is 2.41. The van der Waals surface area contributed by atoms with E-state index >= 15 is 0 Å². The van der Waals surface area contributed by atoms with Crippen LogP contribution in [0, 0.1) is 5.92 Å². The van der Waals surface area contributed by atoms with Gasteiger partial charge in [0.2, 0.25) is 0 Å². The fourth-order valence-corrected chi connectivity index (χ4v) is 2.48. The van der Waals surface area contributed by atoms with E-state index in [-0.39, 0.29) is 12.2 Å². The van der Waals surface area contributed by atoms with Gasteiger partial charge in [-0.3, -0.25) is 0 Å². The van der Waals surface area contributed by atoms with Crippen LogP contribution in [0.1, 0.15) is 23.2 Å². The van der Waals surface area contributed by atoms with Crippen LogP contribution in [-0.2, 0) is 0 Å². The van der Waals surface area contributed by atoms with Gasteiger partial charge in [-0.05, 0) is 30.9 Å². The molecule has 0 saturated carbocycles. The highest BCUT2D eigenvalue weighted by atomic mass is 16.4. The lowest BCUT2D eigenvalue weighted by Crippen LogP contribution is -2.22. The quantitative estimate of drug-likeness (QED) is 0.698. The molecule has 0 bridgehead atoms. The van der Waals surface area contributed by atoms with Crippen molar-refractivity contribution in [1.82, 2.24) is 0 Å². The second-order valence-corrected chi connectivity index (χ2v) is 4.66. The molecule has 2 rings (SSSR count). The van der Waals surface area contributed by atoms with Crippen LogP contribution in [0.4, 0.5) is 11.4 Å². The number of nitrogens with two attached hydrogens (primary N) is 1. The number of rotatable bonds is 4. The van der Waals surface area contributed by atoms with Crippen LogP contribution in [-0.4, -0.2) is 35.9 Å². The Kier molecular flexibility index (Phi) is 3.72. The number of anilines is 2. The molecule has 1 atom stereocenters. The summed E-state index contributed by atoms with van der Waals surface area (Å²) >= 11 is 0. The average Bonchev–Trinajstić information content (AvgIpc) is 2.78. The highest BCUT2D eigenvalue weighted by molar-refractivity contribution is 5.97. The number of hydrogen-bond acceptors (Lipinski definition) is 4. The zero-order valence-electron chi connectivity index (χ0n) is 10.2. The van der Waals surface area contributed by atoms with Crippen LogP contribution in [0.3, 0.4) is 0 Å². The van der Waals surface area contributed by atoms with E-state index in [0.29, 0.717) is 11.6 Å². The van der Waals surface area contributed by atoms with E-state index in [4.69, 9.17) is 15.9 Å². The van der Waals surface area contributed by atoms with Gasteiger partial charge in [-0.25, -0.2) is 4.79 Å². The smallest absolute Gasteiger partial charge is 0.337 e. The van der Waals surface area contributed by atoms with Crippen LogP contribution in [0.15, 0.2) is 18.2 Å². The van der Waals surface area contributed by atoms with E-state index < -0.39 is 5.97 Å². The summed E-state index contributed by atoms with van der Waals surface area (Å²) in [4.78, 5) is 13.1. The lowest BCUT2D eigenvalue weighted by Gasteiger charge is -2.21. The molecule has 1 heterocycles. The van der Waals surface area contributed by atoms with Gasteiger partial charge < -0.3 is 20.8 Å². The molecule has 0 spiro atoms. The fraction of sp³-hybridized carbons (Fsp3) is 0.462. The van der Waals surface area contributed by atoms with Crippen molar-refractivity contribution in [2.75, 3.05) is 30.3 Å². The second-order valence-electron chi connectivity index (χ2n) is 4.66. The van der Waals surface area contributed by atoms with Crippen molar-refractivity contribution in [3.05, 3.63) is 23.8 Å². The molecule has 1 aromatic rings.